The second-order valence-electron chi connectivity index (χ2n) is 1.90. The smallest absolute Gasteiger partial charge is 0.264 e. The Morgan fingerprint density at radius 1 is 1.67 bits per heavy atom. The van der Waals surface area contributed by atoms with Crippen LogP contribution in [-0.2, 0) is 15.3 Å². The lowest BCUT2D eigenvalue weighted by Crippen LogP contribution is -2.09. The van der Waals surface area contributed by atoms with Gasteiger partial charge >= 0.3 is 0 Å². The lowest BCUT2D eigenvalue weighted by atomic mass is 10.6. The molecule has 0 radical (unpaired) electrons. The van der Waals surface area contributed by atoms with Gasteiger partial charge in [0.15, 0.2) is 5.03 Å². The van der Waals surface area contributed by atoms with Crippen LogP contribution in [0.25, 0.3) is 0 Å². The molecule has 0 saturated heterocycles. The third-order valence-corrected chi connectivity index (χ3v) is 2.07. The van der Waals surface area contributed by atoms with E-state index in [0.29, 0.717) is 6.61 Å². The van der Waals surface area contributed by atoms with Crippen molar-refractivity contribution in [3.63, 3.8) is 0 Å². The first-order chi connectivity index (χ1) is 5.74. The van der Waals surface area contributed by atoms with Gasteiger partial charge in [-0.2, -0.15) is 5.10 Å². The second kappa shape index (κ2) is 4.13. The topological polar surface area (TPSA) is 72.1 Å². The molecule has 12 heavy (non-hydrogen) atoms. The molecule has 5 nitrogen and oxygen atoms in total. The Bertz CT molecular complexity index is 315. The molecule has 0 aromatic carbocycles. The summed E-state index contributed by atoms with van der Waals surface area (Å²) in [4.78, 5) is 10.5. The molecule has 1 aromatic rings. The summed E-state index contributed by atoms with van der Waals surface area (Å²) in [5, 5.41) is 5.91. The Morgan fingerprint density at radius 2 is 2.42 bits per heavy atom. The van der Waals surface area contributed by atoms with Crippen LogP contribution in [0.2, 0.25) is 0 Å². The van der Waals surface area contributed by atoms with E-state index in [-0.39, 0.29) is 10.6 Å². The van der Waals surface area contributed by atoms with E-state index in [0.717, 1.165) is 0 Å². The summed E-state index contributed by atoms with van der Waals surface area (Å²) in [5.74, 6) is 0. The first-order valence-electron chi connectivity index (χ1n) is 3.35. The predicted molar refractivity (Wildman–Crippen MR) is 42.9 cm³/mol. The SMILES string of the molecule is CCOS(=O)c1ccc(=O)[nH]n1. The van der Waals surface area contributed by atoms with Crippen molar-refractivity contribution in [1.82, 2.24) is 10.2 Å². The first kappa shape index (κ1) is 9.08. The van der Waals surface area contributed by atoms with Crippen LogP contribution < -0.4 is 5.56 Å². The zero-order valence-electron chi connectivity index (χ0n) is 6.44. The molecule has 1 atom stereocenters. The Hall–Kier alpha value is -1.01. The van der Waals surface area contributed by atoms with Crippen LogP contribution in [-0.4, -0.2) is 21.0 Å². The highest BCUT2D eigenvalue weighted by molar-refractivity contribution is 7.80. The highest BCUT2D eigenvalue weighted by Crippen LogP contribution is 1.98. The van der Waals surface area contributed by atoms with Crippen LogP contribution in [0.1, 0.15) is 6.92 Å². The highest BCUT2D eigenvalue weighted by atomic mass is 32.2. The molecular formula is C6H8N2O3S. The molecule has 0 spiro atoms. The quantitative estimate of drug-likeness (QED) is 0.714. The summed E-state index contributed by atoms with van der Waals surface area (Å²) in [6.07, 6.45) is 0. The number of rotatable bonds is 3. The minimum atomic E-state index is -1.57. The van der Waals surface area contributed by atoms with Gasteiger partial charge in [0.25, 0.3) is 5.56 Å². The molecule has 0 amide bonds. The zero-order valence-corrected chi connectivity index (χ0v) is 7.26. The third-order valence-electron chi connectivity index (χ3n) is 1.05. The minimum absolute atomic E-state index is 0.219. The number of aromatic amines is 1. The normalized spacial score (nSPS) is 12.8. The van der Waals surface area contributed by atoms with E-state index in [1.165, 1.54) is 12.1 Å². The molecule has 6 heteroatoms. The van der Waals surface area contributed by atoms with Crippen LogP contribution in [0.4, 0.5) is 0 Å². The van der Waals surface area contributed by atoms with E-state index in [9.17, 15) is 9.00 Å². The van der Waals surface area contributed by atoms with Crippen LogP contribution >= 0.6 is 0 Å². The Kier molecular flexibility index (Phi) is 3.12. The predicted octanol–water partition coefficient (Wildman–Crippen LogP) is -0.171. The molecule has 1 aromatic heterocycles. The third kappa shape index (κ3) is 2.24. The van der Waals surface area contributed by atoms with Crippen LogP contribution in [0, 0.1) is 0 Å². The highest BCUT2D eigenvalue weighted by Gasteiger charge is 2.03. The summed E-state index contributed by atoms with van der Waals surface area (Å²) in [6, 6.07) is 2.61. The number of H-pyrrole nitrogens is 1. The van der Waals surface area contributed by atoms with Crippen molar-refractivity contribution < 1.29 is 8.39 Å². The van der Waals surface area contributed by atoms with E-state index in [1.54, 1.807) is 6.92 Å². The van der Waals surface area contributed by atoms with E-state index in [1.807, 2.05) is 0 Å². The summed E-state index contributed by atoms with van der Waals surface area (Å²) in [5.41, 5.74) is -0.327. The Labute approximate surface area is 71.4 Å². The van der Waals surface area contributed by atoms with Gasteiger partial charge in [0.1, 0.15) is 0 Å². The van der Waals surface area contributed by atoms with E-state index in [2.05, 4.69) is 10.2 Å². The molecule has 0 aliphatic heterocycles. The van der Waals surface area contributed by atoms with Crippen LogP contribution in [0.3, 0.4) is 0 Å². The molecule has 1 heterocycles. The number of nitrogens with one attached hydrogen (secondary N) is 1. The number of nitrogens with zero attached hydrogens (tertiary/aromatic N) is 1. The molecule has 0 aliphatic carbocycles. The van der Waals surface area contributed by atoms with Gasteiger partial charge in [0.05, 0.1) is 6.61 Å². The molecule has 1 unspecified atom stereocenters. The van der Waals surface area contributed by atoms with E-state index < -0.39 is 11.1 Å². The maximum Gasteiger partial charge on any atom is 0.264 e. The lowest BCUT2D eigenvalue weighted by molar-refractivity contribution is 0.369. The number of hydrogen-bond donors (Lipinski definition) is 1. The van der Waals surface area contributed by atoms with E-state index in [4.69, 9.17) is 4.18 Å². The lowest BCUT2D eigenvalue weighted by Gasteiger charge is -1.96. The van der Waals surface area contributed by atoms with Gasteiger partial charge in [-0.15, -0.1) is 0 Å². The fraction of sp³-hybridized carbons (Fsp3) is 0.333. The van der Waals surface area contributed by atoms with Crippen molar-refractivity contribution in [2.45, 2.75) is 11.9 Å². The molecular weight excluding hydrogens is 180 g/mol. The molecule has 0 saturated carbocycles. The second-order valence-corrected chi connectivity index (χ2v) is 3.02. The van der Waals surface area contributed by atoms with Gasteiger partial charge in [-0.25, -0.2) is 9.31 Å². The summed E-state index contributed by atoms with van der Waals surface area (Å²) in [7, 11) is 0. The maximum absolute atomic E-state index is 11.1. The average Bonchev–Trinajstić information content (AvgIpc) is 2.06. The van der Waals surface area contributed by atoms with Gasteiger partial charge in [-0.05, 0) is 13.0 Å². The summed E-state index contributed by atoms with van der Waals surface area (Å²) < 4.78 is 15.8. The molecule has 66 valence electrons. The monoisotopic (exact) mass is 188 g/mol. The maximum atomic E-state index is 11.1. The van der Waals surface area contributed by atoms with Gasteiger partial charge in [-0.3, -0.25) is 8.98 Å². The fourth-order valence-electron chi connectivity index (χ4n) is 0.592. The summed E-state index contributed by atoms with van der Waals surface area (Å²) >= 11 is -1.57. The van der Waals surface area contributed by atoms with E-state index >= 15 is 0 Å². The van der Waals surface area contributed by atoms with Crippen molar-refractivity contribution in [3.05, 3.63) is 22.5 Å². The van der Waals surface area contributed by atoms with Crippen LogP contribution in [0.5, 0.6) is 0 Å². The molecule has 0 fully saturated rings. The van der Waals surface area contributed by atoms with Crippen molar-refractivity contribution in [2.75, 3.05) is 6.61 Å². The first-order valence-corrected chi connectivity index (χ1v) is 4.42. The molecule has 1 N–H and O–H groups in total. The fourth-order valence-corrected chi connectivity index (χ4v) is 1.23. The minimum Gasteiger partial charge on any atom is -0.286 e. The van der Waals surface area contributed by atoms with Crippen LogP contribution in [0.15, 0.2) is 22.0 Å². The zero-order chi connectivity index (χ0) is 8.97. The standard InChI is InChI=1S/C6H8N2O3S/c1-2-11-12(10)6-4-3-5(9)7-8-6/h3-4H,2H2,1H3,(H,7,9). The summed E-state index contributed by atoms with van der Waals surface area (Å²) in [6.45, 7) is 2.07. The average molecular weight is 188 g/mol. The Balaban J connectivity index is 2.82. The van der Waals surface area contributed by atoms with Gasteiger partial charge in [0, 0.05) is 6.07 Å². The van der Waals surface area contributed by atoms with Crippen molar-refractivity contribution in [2.24, 2.45) is 0 Å². The van der Waals surface area contributed by atoms with Gasteiger partial charge < -0.3 is 0 Å². The van der Waals surface area contributed by atoms with Crippen molar-refractivity contribution in [1.29, 1.82) is 0 Å². The molecule has 1 rings (SSSR count). The Morgan fingerprint density at radius 3 is 2.92 bits per heavy atom. The van der Waals surface area contributed by atoms with Crippen molar-refractivity contribution in [3.8, 4) is 0 Å². The number of hydrogen-bond acceptors (Lipinski definition) is 4. The largest absolute Gasteiger partial charge is 0.286 e. The molecule has 0 aliphatic rings. The number of aromatic nitrogens is 2. The van der Waals surface area contributed by atoms with Crippen molar-refractivity contribution >= 4 is 11.1 Å². The van der Waals surface area contributed by atoms with Gasteiger partial charge in [0.2, 0.25) is 11.1 Å². The molecule has 0 bridgehead atoms. The van der Waals surface area contributed by atoms with Gasteiger partial charge in [-0.1, -0.05) is 0 Å².